The van der Waals surface area contributed by atoms with Gasteiger partial charge in [0, 0.05) is 24.1 Å². The molecule has 1 N–H and O–H groups in total. The molecular weight excluding hydrogens is 467 g/mol. The van der Waals surface area contributed by atoms with Gasteiger partial charge in [0.05, 0.1) is 11.4 Å². The van der Waals surface area contributed by atoms with E-state index in [1.165, 1.54) is 12.1 Å². The molecule has 0 radical (unpaired) electrons. The standard InChI is InChI=1S/C24H26F3N3O3S/c1-3-5-9-21-20(23(16-31)30(4-2)28-21)15-17-11-13-18(14-12-17)19-8-6-7-10-22(19)29-34(32,33)24(25,26)27/h6-8,10-14,16,29H,3-5,9,15H2,1-2H3. The van der Waals surface area contributed by atoms with Gasteiger partial charge < -0.3 is 0 Å². The van der Waals surface area contributed by atoms with Crippen molar-refractivity contribution in [3.63, 3.8) is 0 Å². The number of sulfonamides is 1. The fourth-order valence-electron chi connectivity index (χ4n) is 3.71. The third kappa shape index (κ3) is 5.49. The van der Waals surface area contributed by atoms with E-state index in [1.807, 2.05) is 19.1 Å². The van der Waals surface area contributed by atoms with Gasteiger partial charge in [-0.25, -0.2) is 0 Å². The van der Waals surface area contributed by atoms with E-state index in [9.17, 15) is 26.4 Å². The molecule has 0 atom stereocenters. The molecule has 6 nitrogen and oxygen atoms in total. The number of rotatable bonds is 10. The molecule has 3 rings (SSSR count). The van der Waals surface area contributed by atoms with Crippen LogP contribution in [0.1, 0.15) is 54.0 Å². The van der Waals surface area contributed by atoms with E-state index in [0.29, 0.717) is 29.8 Å². The Morgan fingerprint density at radius 2 is 1.74 bits per heavy atom. The van der Waals surface area contributed by atoms with E-state index in [4.69, 9.17) is 0 Å². The summed E-state index contributed by atoms with van der Waals surface area (Å²) < 4.78 is 65.0. The topological polar surface area (TPSA) is 81.1 Å². The molecule has 0 saturated carbocycles. The number of carbonyl (C=O) groups excluding carboxylic acids is 1. The smallest absolute Gasteiger partial charge is 0.296 e. The molecule has 0 fully saturated rings. The largest absolute Gasteiger partial charge is 0.516 e. The van der Waals surface area contributed by atoms with Crippen LogP contribution in [0.4, 0.5) is 18.9 Å². The predicted octanol–water partition coefficient (Wildman–Crippen LogP) is 5.58. The number of halogens is 3. The quantitative estimate of drug-likeness (QED) is 0.374. The Balaban J connectivity index is 1.91. The molecule has 0 aliphatic rings. The number of para-hydroxylation sites is 1. The van der Waals surface area contributed by atoms with Crippen LogP contribution in [0.5, 0.6) is 0 Å². The Bertz CT molecular complexity index is 1250. The summed E-state index contributed by atoms with van der Waals surface area (Å²) in [5.41, 5.74) is -1.51. The van der Waals surface area contributed by atoms with Gasteiger partial charge in [-0.3, -0.25) is 14.2 Å². The summed E-state index contributed by atoms with van der Waals surface area (Å²) in [6.07, 6.45) is 4.02. The van der Waals surface area contributed by atoms with Gasteiger partial charge in [-0.2, -0.15) is 26.7 Å². The molecule has 1 aromatic heterocycles. The van der Waals surface area contributed by atoms with Crippen molar-refractivity contribution in [3.05, 3.63) is 71.0 Å². The molecule has 0 saturated heterocycles. The summed E-state index contributed by atoms with van der Waals surface area (Å²) in [5.74, 6) is 0. The summed E-state index contributed by atoms with van der Waals surface area (Å²) in [6.45, 7) is 4.59. The SMILES string of the molecule is CCCCc1nn(CC)c(C=O)c1Cc1ccc(-c2ccccc2NS(=O)(=O)C(F)(F)F)cc1. The highest BCUT2D eigenvalue weighted by Crippen LogP contribution is 2.32. The minimum atomic E-state index is -5.54. The normalized spacial score (nSPS) is 12.0. The van der Waals surface area contributed by atoms with Gasteiger partial charge >= 0.3 is 15.5 Å². The van der Waals surface area contributed by atoms with Crippen LogP contribution in [0.3, 0.4) is 0 Å². The number of alkyl halides is 3. The maximum absolute atomic E-state index is 12.8. The van der Waals surface area contributed by atoms with Crippen LogP contribution in [-0.2, 0) is 29.4 Å². The monoisotopic (exact) mass is 493 g/mol. The Hall–Kier alpha value is -3.14. The number of hydrogen-bond donors (Lipinski definition) is 1. The van der Waals surface area contributed by atoms with Crippen molar-refractivity contribution in [1.29, 1.82) is 0 Å². The number of carbonyl (C=O) groups is 1. The van der Waals surface area contributed by atoms with E-state index in [1.54, 1.807) is 33.7 Å². The van der Waals surface area contributed by atoms with Gasteiger partial charge in [-0.15, -0.1) is 0 Å². The number of nitrogens with zero attached hydrogens (tertiary/aromatic N) is 2. The van der Waals surface area contributed by atoms with E-state index >= 15 is 0 Å². The van der Waals surface area contributed by atoms with Gasteiger partial charge in [0.2, 0.25) is 0 Å². The van der Waals surface area contributed by atoms with E-state index < -0.39 is 15.5 Å². The van der Waals surface area contributed by atoms with Gasteiger partial charge in [-0.1, -0.05) is 55.8 Å². The molecule has 2 aromatic carbocycles. The number of unbranched alkanes of at least 4 members (excludes halogenated alkanes) is 1. The molecule has 0 amide bonds. The van der Waals surface area contributed by atoms with E-state index in [2.05, 4.69) is 12.0 Å². The number of nitrogens with one attached hydrogen (secondary N) is 1. The van der Waals surface area contributed by atoms with Crippen LogP contribution in [0.15, 0.2) is 48.5 Å². The maximum atomic E-state index is 12.8. The van der Waals surface area contributed by atoms with Crippen LogP contribution in [0.2, 0.25) is 0 Å². The van der Waals surface area contributed by atoms with Crippen LogP contribution < -0.4 is 4.72 Å². The van der Waals surface area contributed by atoms with Gasteiger partial charge in [0.15, 0.2) is 6.29 Å². The Kier molecular flexibility index (Phi) is 7.81. The Morgan fingerprint density at radius 3 is 2.32 bits per heavy atom. The fourth-order valence-corrected chi connectivity index (χ4v) is 4.29. The van der Waals surface area contributed by atoms with Crippen molar-refractivity contribution in [3.8, 4) is 11.1 Å². The molecule has 10 heteroatoms. The van der Waals surface area contributed by atoms with Crippen molar-refractivity contribution in [2.24, 2.45) is 0 Å². The summed E-state index contributed by atoms with van der Waals surface area (Å²) >= 11 is 0. The van der Waals surface area contributed by atoms with Crippen LogP contribution >= 0.6 is 0 Å². The summed E-state index contributed by atoms with van der Waals surface area (Å²) in [7, 11) is -5.54. The second kappa shape index (κ2) is 10.4. The van der Waals surface area contributed by atoms with Crippen molar-refractivity contribution in [2.45, 2.75) is 51.6 Å². The first-order chi connectivity index (χ1) is 16.1. The zero-order valence-corrected chi connectivity index (χ0v) is 19.7. The predicted molar refractivity (Wildman–Crippen MR) is 125 cm³/mol. The molecule has 34 heavy (non-hydrogen) atoms. The lowest BCUT2D eigenvalue weighted by molar-refractivity contribution is -0.0429. The first-order valence-corrected chi connectivity index (χ1v) is 12.4. The Morgan fingerprint density at radius 1 is 1.06 bits per heavy atom. The summed E-state index contributed by atoms with van der Waals surface area (Å²) in [5, 5.41) is 4.59. The van der Waals surface area contributed by atoms with Gasteiger partial charge in [0.25, 0.3) is 0 Å². The fraction of sp³-hybridized carbons (Fsp3) is 0.333. The van der Waals surface area contributed by atoms with Crippen LogP contribution in [0, 0.1) is 0 Å². The molecule has 0 spiro atoms. The first-order valence-electron chi connectivity index (χ1n) is 10.9. The maximum Gasteiger partial charge on any atom is 0.516 e. The molecule has 0 bridgehead atoms. The number of anilines is 1. The highest BCUT2D eigenvalue weighted by molar-refractivity contribution is 7.93. The summed E-state index contributed by atoms with van der Waals surface area (Å²) in [4.78, 5) is 11.7. The molecule has 0 aliphatic carbocycles. The van der Waals surface area contributed by atoms with Crippen molar-refractivity contribution >= 4 is 22.0 Å². The van der Waals surface area contributed by atoms with E-state index in [0.717, 1.165) is 42.4 Å². The molecule has 3 aromatic rings. The van der Waals surface area contributed by atoms with Crippen molar-refractivity contribution < 1.29 is 26.4 Å². The second-order valence-corrected chi connectivity index (χ2v) is 9.49. The zero-order chi connectivity index (χ0) is 24.9. The number of aldehydes is 1. The second-order valence-electron chi connectivity index (χ2n) is 7.82. The first kappa shape index (κ1) is 25.5. The molecule has 182 valence electrons. The van der Waals surface area contributed by atoms with E-state index in [-0.39, 0.29) is 5.69 Å². The number of benzene rings is 2. The average molecular weight is 494 g/mol. The molecule has 1 heterocycles. The number of aromatic nitrogens is 2. The molecule has 0 unspecified atom stereocenters. The van der Waals surface area contributed by atoms with Crippen LogP contribution in [0.25, 0.3) is 11.1 Å². The number of hydrogen-bond acceptors (Lipinski definition) is 4. The highest BCUT2D eigenvalue weighted by atomic mass is 32.2. The minimum Gasteiger partial charge on any atom is -0.296 e. The lowest BCUT2D eigenvalue weighted by atomic mass is 9.97. The molecular formula is C24H26F3N3O3S. The molecule has 0 aliphatic heterocycles. The average Bonchev–Trinajstić information content (AvgIpc) is 3.14. The highest BCUT2D eigenvalue weighted by Gasteiger charge is 2.46. The van der Waals surface area contributed by atoms with Crippen LogP contribution in [-0.4, -0.2) is 30.0 Å². The summed E-state index contributed by atoms with van der Waals surface area (Å²) in [6, 6.07) is 12.9. The van der Waals surface area contributed by atoms with Crippen molar-refractivity contribution in [2.75, 3.05) is 4.72 Å². The van der Waals surface area contributed by atoms with Gasteiger partial charge in [0.1, 0.15) is 5.69 Å². The van der Waals surface area contributed by atoms with Gasteiger partial charge in [-0.05, 0) is 37.0 Å². The lowest BCUT2D eigenvalue weighted by Crippen LogP contribution is -2.30. The Labute approximate surface area is 196 Å². The third-order valence-corrected chi connectivity index (χ3v) is 6.58. The minimum absolute atomic E-state index is 0.165. The zero-order valence-electron chi connectivity index (χ0n) is 18.9. The lowest BCUT2D eigenvalue weighted by Gasteiger charge is -2.14. The number of aryl methyl sites for hydroxylation is 2. The third-order valence-electron chi connectivity index (χ3n) is 5.48. The van der Waals surface area contributed by atoms with Crippen molar-refractivity contribution in [1.82, 2.24) is 9.78 Å².